The third-order valence-electron chi connectivity index (χ3n) is 4.93. The number of anilines is 2. The lowest BCUT2D eigenvalue weighted by molar-refractivity contribution is -0.138. The van der Waals surface area contributed by atoms with E-state index in [1.54, 1.807) is 13.0 Å². The molecule has 0 fully saturated rings. The minimum Gasteiger partial charge on any atom is -0.463 e. The van der Waals surface area contributed by atoms with Crippen molar-refractivity contribution < 1.29 is 9.53 Å². The van der Waals surface area contributed by atoms with Crippen LogP contribution in [0.3, 0.4) is 0 Å². The summed E-state index contributed by atoms with van der Waals surface area (Å²) in [4.78, 5) is 17.6. The second-order valence-electron chi connectivity index (χ2n) is 6.59. The van der Waals surface area contributed by atoms with Gasteiger partial charge >= 0.3 is 5.97 Å². The van der Waals surface area contributed by atoms with Gasteiger partial charge in [0.1, 0.15) is 5.82 Å². The lowest BCUT2D eigenvalue weighted by atomic mass is 9.80. The number of aromatic nitrogens is 1. The fourth-order valence-corrected chi connectivity index (χ4v) is 3.80. The first kappa shape index (κ1) is 19.2. The second kappa shape index (κ2) is 7.61. The number of allylic oxidation sites excluding steroid dienone is 1. The van der Waals surface area contributed by atoms with Crippen molar-refractivity contribution in [3.8, 4) is 0 Å². The fourth-order valence-electron chi connectivity index (χ4n) is 3.60. The van der Waals surface area contributed by atoms with Gasteiger partial charge in [-0.3, -0.25) is 0 Å². The molecule has 1 aromatic carbocycles. The molecule has 3 rings (SSSR count). The van der Waals surface area contributed by atoms with Crippen LogP contribution < -0.4 is 11.1 Å². The number of pyridine rings is 1. The Hall–Kier alpha value is -2.53. The highest BCUT2D eigenvalue weighted by molar-refractivity contribution is 6.30. The van der Waals surface area contributed by atoms with Gasteiger partial charge in [0.05, 0.1) is 12.2 Å². The molecule has 1 aliphatic heterocycles. The molecule has 2 heterocycles. The summed E-state index contributed by atoms with van der Waals surface area (Å²) in [5, 5.41) is 3.86. The zero-order valence-corrected chi connectivity index (χ0v) is 16.8. The number of hydrogen-bond acceptors (Lipinski definition) is 5. The highest BCUT2D eigenvalue weighted by atomic mass is 35.5. The summed E-state index contributed by atoms with van der Waals surface area (Å²) >= 11 is 6.24. The van der Waals surface area contributed by atoms with Gasteiger partial charge in [-0.1, -0.05) is 30.7 Å². The number of nitrogen functional groups attached to an aromatic ring is 1. The Morgan fingerprint density at radius 2 is 2.07 bits per heavy atom. The fraction of sp³-hybridized carbons (Fsp3) is 0.333. The number of rotatable bonds is 4. The van der Waals surface area contributed by atoms with Crippen molar-refractivity contribution in [2.75, 3.05) is 17.7 Å². The topological polar surface area (TPSA) is 77.2 Å². The summed E-state index contributed by atoms with van der Waals surface area (Å²) < 4.78 is 5.33. The van der Waals surface area contributed by atoms with Gasteiger partial charge in [0, 0.05) is 33.6 Å². The second-order valence-corrected chi connectivity index (χ2v) is 7.02. The van der Waals surface area contributed by atoms with E-state index in [-0.39, 0.29) is 5.97 Å². The van der Waals surface area contributed by atoms with Gasteiger partial charge < -0.3 is 15.8 Å². The van der Waals surface area contributed by atoms with Crippen LogP contribution >= 0.6 is 11.6 Å². The van der Waals surface area contributed by atoms with E-state index in [2.05, 4.69) is 5.32 Å². The van der Waals surface area contributed by atoms with E-state index in [4.69, 9.17) is 27.1 Å². The molecule has 0 saturated carbocycles. The molecule has 0 amide bonds. The summed E-state index contributed by atoms with van der Waals surface area (Å²) in [6, 6.07) is 7.48. The Labute approximate surface area is 164 Å². The predicted octanol–water partition coefficient (Wildman–Crippen LogP) is 4.58. The van der Waals surface area contributed by atoms with Crippen molar-refractivity contribution in [3.63, 3.8) is 0 Å². The van der Waals surface area contributed by atoms with E-state index in [9.17, 15) is 4.79 Å². The number of carbonyl (C=O) groups is 1. The quantitative estimate of drug-likeness (QED) is 0.753. The normalized spacial score (nSPS) is 16.0. The Morgan fingerprint density at radius 3 is 2.70 bits per heavy atom. The Bertz CT molecular complexity index is 937. The van der Waals surface area contributed by atoms with Crippen LogP contribution in [0.15, 0.2) is 35.5 Å². The van der Waals surface area contributed by atoms with Gasteiger partial charge in [-0.25, -0.2) is 9.78 Å². The highest BCUT2D eigenvalue weighted by Gasteiger charge is 2.36. The van der Waals surface area contributed by atoms with Crippen molar-refractivity contribution in [2.45, 2.75) is 40.0 Å². The molecule has 0 bridgehead atoms. The number of hydrogen-bond donors (Lipinski definition) is 2. The van der Waals surface area contributed by atoms with Crippen molar-refractivity contribution >= 4 is 29.1 Å². The third kappa shape index (κ3) is 3.39. The molecule has 0 saturated heterocycles. The number of halogens is 1. The SMILES string of the molecule is CCOC(=O)C1=C(C)Nc2nc(CC)c(C)c(N)c2C1c1cccc(Cl)c1. The number of nitrogens with one attached hydrogen (secondary N) is 1. The van der Waals surface area contributed by atoms with E-state index < -0.39 is 5.92 Å². The minimum absolute atomic E-state index is 0.298. The zero-order valence-electron chi connectivity index (χ0n) is 16.0. The van der Waals surface area contributed by atoms with Gasteiger partial charge in [0.25, 0.3) is 0 Å². The van der Waals surface area contributed by atoms with Gasteiger partial charge in [0.15, 0.2) is 0 Å². The molecule has 3 N–H and O–H groups in total. The summed E-state index contributed by atoms with van der Waals surface area (Å²) in [5.41, 5.74) is 12.0. The standard InChI is InChI=1S/C21H24ClN3O2/c1-5-15-11(3)19(23)18-17(13-8-7-9-14(22)10-13)16(21(26)27-6-2)12(4)24-20(18)25-15/h7-10,17H,5-6H2,1-4H3,(H3,23,24,25). The average molecular weight is 386 g/mol. The molecule has 2 aromatic rings. The maximum absolute atomic E-state index is 12.8. The molecule has 1 aromatic heterocycles. The number of esters is 1. The van der Waals surface area contributed by atoms with Crippen LogP contribution in [0.2, 0.25) is 5.02 Å². The smallest absolute Gasteiger partial charge is 0.336 e. The summed E-state index contributed by atoms with van der Waals surface area (Å²) in [6.07, 6.45) is 0.778. The van der Waals surface area contributed by atoms with Crippen LogP contribution in [0.25, 0.3) is 0 Å². The number of fused-ring (bicyclic) bond motifs is 1. The predicted molar refractivity (Wildman–Crippen MR) is 109 cm³/mol. The van der Waals surface area contributed by atoms with Crippen LogP contribution in [0.1, 0.15) is 49.1 Å². The molecule has 6 heteroatoms. The van der Waals surface area contributed by atoms with Gasteiger partial charge in [-0.2, -0.15) is 0 Å². The Kier molecular flexibility index (Phi) is 5.42. The summed E-state index contributed by atoms with van der Waals surface area (Å²) in [7, 11) is 0. The number of nitrogens with zero attached hydrogens (tertiary/aromatic N) is 1. The first-order chi connectivity index (χ1) is 12.9. The molecule has 0 spiro atoms. The minimum atomic E-state index is -0.392. The van der Waals surface area contributed by atoms with E-state index in [0.717, 1.165) is 28.8 Å². The zero-order chi connectivity index (χ0) is 19.7. The van der Waals surface area contributed by atoms with Crippen molar-refractivity contribution in [1.82, 2.24) is 4.98 Å². The molecular formula is C21H24ClN3O2. The third-order valence-corrected chi connectivity index (χ3v) is 5.16. The molecule has 5 nitrogen and oxygen atoms in total. The maximum atomic E-state index is 12.8. The van der Waals surface area contributed by atoms with Gasteiger partial charge in [-0.05, 0) is 50.5 Å². The van der Waals surface area contributed by atoms with Crippen molar-refractivity contribution in [1.29, 1.82) is 0 Å². The first-order valence-electron chi connectivity index (χ1n) is 9.08. The number of aryl methyl sites for hydroxylation is 1. The maximum Gasteiger partial charge on any atom is 0.336 e. The van der Waals surface area contributed by atoms with Crippen LogP contribution in [-0.2, 0) is 16.0 Å². The van der Waals surface area contributed by atoms with E-state index in [1.165, 1.54) is 0 Å². The monoisotopic (exact) mass is 385 g/mol. The number of nitrogens with two attached hydrogens (primary N) is 1. The van der Waals surface area contributed by atoms with E-state index in [0.29, 0.717) is 34.4 Å². The molecule has 0 radical (unpaired) electrons. The first-order valence-corrected chi connectivity index (χ1v) is 9.45. The Morgan fingerprint density at radius 1 is 1.33 bits per heavy atom. The summed E-state index contributed by atoms with van der Waals surface area (Å²) in [5.74, 6) is -0.0728. The number of benzene rings is 1. The lowest BCUT2D eigenvalue weighted by Crippen LogP contribution is -2.27. The van der Waals surface area contributed by atoms with Gasteiger partial charge in [-0.15, -0.1) is 0 Å². The average Bonchev–Trinajstić information content (AvgIpc) is 2.63. The highest BCUT2D eigenvalue weighted by Crippen LogP contribution is 2.45. The molecule has 1 unspecified atom stereocenters. The van der Waals surface area contributed by atoms with Gasteiger partial charge in [0.2, 0.25) is 0 Å². The van der Waals surface area contributed by atoms with Crippen molar-refractivity contribution in [3.05, 3.63) is 62.9 Å². The molecule has 1 aliphatic rings. The molecule has 1 atom stereocenters. The molecule has 27 heavy (non-hydrogen) atoms. The number of carbonyl (C=O) groups excluding carboxylic acids is 1. The van der Waals surface area contributed by atoms with Crippen LogP contribution in [0.4, 0.5) is 11.5 Å². The van der Waals surface area contributed by atoms with E-state index >= 15 is 0 Å². The molecular weight excluding hydrogens is 362 g/mol. The summed E-state index contributed by atoms with van der Waals surface area (Å²) in [6.45, 7) is 7.96. The van der Waals surface area contributed by atoms with Crippen molar-refractivity contribution in [2.24, 2.45) is 0 Å². The number of ether oxygens (including phenoxy) is 1. The lowest BCUT2D eigenvalue weighted by Gasteiger charge is -2.31. The van der Waals surface area contributed by atoms with E-state index in [1.807, 2.05) is 39.0 Å². The molecule has 0 aliphatic carbocycles. The van der Waals surface area contributed by atoms with Crippen LogP contribution in [0.5, 0.6) is 0 Å². The largest absolute Gasteiger partial charge is 0.463 e. The Balaban J connectivity index is 2.30. The molecule has 142 valence electrons. The van der Waals surface area contributed by atoms with Crippen LogP contribution in [0, 0.1) is 6.92 Å². The van der Waals surface area contributed by atoms with Crippen LogP contribution in [-0.4, -0.2) is 17.6 Å².